The van der Waals surface area contributed by atoms with E-state index >= 15 is 0 Å². The van der Waals surface area contributed by atoms with Crippen LogP contribution in [0.4, 0.5) is 5.69 Å². The van der Waals surface area contributed by atoms with Crippen molar-refractivity contribution in [1.82, 2.24) is 15.1 Å². The molecular formula is C21H35N5O. The predicted octanol–water partition coefficient (Wildman–Crippen LogP) is 1.46. The molecule has 2 aliphatic heterocycles. The highest BCUT2D eigenvalue weighted by molar-refractivity contribution is 5.80. The Kier molecular flexibility index (Phi) is 6.96. The summed E-state index contributed by atoms with van der Waals surface area (Å²) in [6.45, 7) is 15.1. The van der Waals surface area contributed by atoms with Gasteiger partial charge in [-0.25, -0.2) is 0 Å². The number of hydrogen-bond donors (Lipinski definition) is 2. The first-order valence-electron chi connectivity index (χ1n) is 10.3. The standard InChI is InChI=1S/C21H35N5O/c1-4-22-21(26-10-8-19(27)16-26)23-9-11-24-12-14-25(15-13-24)20-7-5-6-17(2)18(20)3/h5-7,19,27H,4,8-16H2,1-3H3,(H,22,23)/t19-/m1/s1. The van der Waals surface area contributed by atoms with E-state index in [0.29, 0.717) is 6.54 Å². The van der Waals surface area contributed by atoms with Crippen molar-refractivity contribution >= 4 is 11.6 Å². The van der Waals surface area contributed by atoms with Gasteiger partial charge in [-0.3, -0.25) is 9.89 Å². The Morgan fingerprint density at radius 3 is 2.63 bits per heavy atom. The van der Waals surface area contributed by atoms with E-state index in [1.54, 1.807) is 0 Å². The maximum atomic E-state index is 9.76. The number of rotatable bonds is 5. The number of guanidine groups is 1. The first kappa shape index (κ1) is 20.0. The Bertz CT molecular complexity index is 639. The number of likely N-dealkylation sites (tertiary alicyclic amines) is 1. The maximum Gasteiger partial charge on any atom is 0.194 e. The van der Waals surface area contributed by atoms with E-state index in [2.05, 4.69) is 59.0 Å². The molecule has 0 aromatic heterocycles. The van der Waals surface area contributed by atoms with Crippen LogP contribution in [0.5, 0.6) is 0 Å². The molecule has 1 aromatic rings. The normalized spacial score (nSPS) is 21.8. The average molecular weight is 374 g/mol. The molecule has 150 valence electrons. The van der Waals surface area contributed by atoms with Gasteiger partial charge in [-0.1, -0.05) is 12.1 Å². The summed E-state index contributed by atoms with van der Waals surface area (Å²) >= 11 is 0. The fraction of sp³-hybridized carbons (Fsp3) is 0.667. The molecule has 0 unspecified atom stereocenters. The van der Waals surface area contributed by atoms with E-state index in [0.717, 1.165) is 64.7 Å². The SMILES string of the molecule is CCNC(=NCCN1CCN(c2cccc(C)c2C)CC1)N1CC[C@@H](O)C1. The van der Waals surface area contributed by atoms with Crippen molar-refractivity contribution in [2.24, 2.45) is 4.99 Å². The summed E-state index contributed by atoms with van der Waals surface area (Å²) in [6.07, 6.45) is 0.622. The lowest BCUT2D eigenvalue weighted by Gasteiger charge is -2.37. The predicted molar refractivity (Wildman–Crippen MR) is 113 cm³/mol. The molecular weight excluding hydrogens is 338 g/mol. The minimum atomic E-state index is -0.216. The van der Waals surface area contributed by atoms with Gasteiger partial charge in [-0.15, -0.1) is 0 Å². The fourth-order valence-electron chi connectivity index (χ4n) is 3.95. The summed E-state index contributed by atoms with van der Waals surface area (Å²) in [5, 5.41) is 13.1. The lowest BCUT2D eigenvalue weighted by molar-refractivity contribution is 0.187. The minimum Gasteiger partial charge on any atom is -0.391 e. The van der Waals surface area contributed by atoms with Crippen LogP contribution in [0.15, 0.2) is 23.2 Å². The average Bonchev–Trinajstić information content (AvgIpc) is 3.10. The third kappa shape index (κ3) is 5.14. The third-order valence-electron chi connectivity index (χ3n) is 5.76. The van der Waals surface area contributed by atoms with Crippen molar-refractivity contribution in [3.63, 3.8) is 0 Å². The molecule has 2 fully saturated rings. The van der Waals surface area contributed by atoms with Crippen LogP contribution in [0.1, 0.15) is 24.5 Å². The summed E-state index contributed by atoms with van der Waals surface area (Å²) in [7, 11) is 0. The van der Waals surface area contributed by atoms with E-state index in [4.69, 9.17) is 4.99 Å². The van der Waals surface area contributed by atoms with Crippen LogP contribution < -0.4 is 10.2 Å². The number of aliphatic hydroxyl groups excluding tert-OH is 1. The molecule has 0 bridgehead atoms. The van der Waals surface area contributed by atoms with Crippen molar-refractivity contribution in [2.75, 3.05) is 63.8 Å². The van der Waals surface area contributed by atoms with E-state index in [1.807, 2.05) is 0 Å². The number of nitrogens with one attached hydrogen (secondary N) is 1. The van der Waals surface area contributed by atoms with Gasteiger partial charge in [0.25, 0.3) is 0 Å². The topological polar surface area (TPSA) is 54.3 Å². The lowest BCUT2D eigenvalue weighted by atomic mass is 10.1. The summed E-state index contributed by atoms with van der Waals surface area (Å²) in [5.74, 6) is 0.947. The van der Waals surface area contributed by atoms with Crippen LogP contribution in [0.3, 0.4) is 0 Å². The molecule has 2 saturated heterocycles. The number of piperazine rings is 1. The quantitative estimate of drug-likeness (QED) is 0.605. The largest absolute Gasteiger partial charge is 0.391 e. The van der Waals surface area contributed by atoms with Crippen molar-refractivity contribution in [3.8, 4) is 0 Å². The van der Waals surface area contributed by atoms with Gasteiger partial charge in [0.15, 0.2) is 5.96 Å². The number of anilines is 1. The Labute approximate surface area is 163 Å². The Morgan fingerprint density at radius 1 is 1.19 bits per heavy atom. The second-order valence-corrected chi connectivity index (χ2v) is 7.67. The summed E-state index contributed by atoms with van der Waals surface area (Å²) in [5.41, 5.74) is 4.15. The minimum absolute atomic E-state index is 0.216. The summed E-state index contributed by atoms with van der Waals surface area (Å²) in [4.78, 5) is 12.0. The number of nitrogens with zero attached hydrogens (tertiary/aromatic N) is 4. The van der Waals surface area contributed by atoms with Crippen LogP contribution in [0.25, 0.3) is 0 Å². The summed E-state index contributed by atoms with van der Waals surface area (Å²) in [6, 6.07) is 6.60. The summed E-state index contributed by atoms with van der Waals surface area (Å²) < 4.78 is 0. The van der Waals surface area contributed by atoms with Crippen LogP contribution in [0, 0.1) is 13.8 Å². The zero-order chi connectivity index (χ0) is 19.2. The first-order valence-corrected chi connectivity index (χ1v) is 10.3. The second kappa shape index (κ2) is 9.42. The third-order valence-corrected chi connectivity index (χ3v) is 5.76. The fourth-order valence-corrected chi connectivity index (χ4v) is 3.95. The van der Waals surface area contributed by atoms with Crippen LogP contribution >= 0.6 is 0 Å². The number of aliphatic imine (C=N–C) groups is 1. The molecule has 0 spiro atoms. The molecule has 1 atom stereocenters. The molecule has 1 aromatic carbocycles. The first-order chi connectivity index (χ1) is 13.1. The Hall–Kier alpha value is -1.79. The second-order valence-electron chi connectivity index (χ2n) is 7.67. The lowest BCUT2D eigenvalue weighted by Crippen LogP contribution is -2.47. The van der Waals surface area contributed by atoms with Gasteiger partial charge >= 0.3 is 0 Å². The Morgan fingerprint density at radius 2 is 1.96 bits per heavy atom. The molecule has 27 heavy (non-hydrogen) atoms. The molecule has 2 N–H and O–H groups in total. The van der Waals surface area contributed by atoms with Gasteiger partial charge in [0.05, 0.1) is 12.6 Å². The van der Waals surface area contributed by atoms with Gasteiger partial charge < -0.3 is 20.2 Å². The van der Waals surface area contributed by atoms with Crippen molar-refractivity contribution in [1.29, 1.82) is 0 Å². The highest BCUT2D eigenvalue weighted by atomic mass is 16.3. The van der Waals surface area contributed by atoms with Crippen LogP contribution in [-0.2, 0) is 0 Å². The van der Waals surface area contributed by atoms with Gasteiger partial charge in [-0.2, -0.15) is 0 Å². The van der Waals surface area contributed by atoms with E-state index < -0.39 is 0 Å². The zero-order valence-electron chi connectivity index (χ0n) is 17.1. The van der Waals surface area contributed by atoms with E-state index in [-0.39, 0.29) is 6.10 Å². The molecule has 0 saturated carbocycles. The maximum absolute atomic E-state index is 9.76. The van der Waals surface area contributed by atoms with E-state index in [1.165, 1.54) is 16.8 Å². The highest BCUT2D eigenvalue weighted by Crippen LogP contribution is 2.23. The number of aryl methyl sites for hydroxylation is 1. The zero-order valence-corrected chi connectivity index (χ0v) is 17.1. The molecule has 0 aliphatic carbocycles. The van der Waals surface area contributed by atoms with E-state index in [9.17, 15) is 5.11 Å². The van der Waals surface area contributed by atoms with Gasteiger partial charge in [0.1, 0.15) is 0 Å². The molecule has 2 heterocycles. The number of benzene rings is 1. The van der Waals surface area contributed by atoms with Crippen molar-refractivity contribution in [3.05, 3.63) is 29.3 Å². The smallest absolute Gasteiger partial charge is 0.194 e. The number of β-amino-alcohol motifs (C(OH)–C–C–N with tert-alkyl or cyclic N) is 1. The van der Waals surface area contributed by atoms with Gasteiger partial charge in [0, 0.05) is 58.0 Å². The van der Waals surface area contributed by atoms with Crippen LogP contribution in [0.2, 0.25) is 0 Å². The molecule has 6 heteroatoms. The number of aliphatic hydroxyl groups is 1. The molecule has 6 nitrogen and oxygen atoms in total. The van der Waals surface area contributed by atoms with Gasteiger partial charge in [-0.05, 0) is 44.4 Å². The Balaban J connectivity index is 1.48. The van der Waals surface area contributed by atoms with Crippen molar-refractivity contribution in [2.45, 2.75) is 33.3 Å². The van der Waals surface area contributed by atoms with Crippen molar-refractivity contribution < 1.29 is 5.11 Å². The molecule has 3 rings (SSSR count). The van der Waals surface area contributed by atoms with Gasteiger partial charge in [0.2, 0.25) is 0 Å². The molecule has 0 amide bonds. The monoisotopic (exact) mass is 373 g/mol. The van der Waals surface area contributed by atoms with Crippen LogP contribution in [-0.4, -0.2) is 85.9 Å². The highest BCUT2D eigenvalue weighted by Gasteiger charge is 2.23. The molecule has 2 aliphatic rings. The number of hydrogen-bond acceptors (Lipinski definition) is 4. The molecule has 0 radical (unpaired) electrons.